The predicted molar refractivity (Wildman–Crippen MR) is 121 cm³/mol. The van der Waals surface area contributed by atoms with Gasteiger partial charge in [-0.1, -0.05) is 54.1 Å². The van der Waals surface area contributed by atoms with Gasteiger partial charge >= 0.3 is 0 Å². The molecule has 1 aliphatic heterocycles. The zero-order valence-electron chi connectivity index (χ0n) is 17.6. The number of aromatic nitrogens is 1. The van der Waals surface area contributed by atoms with Gasteiger partial charge in [-0.25, -0.2) is 0 Å². The van der Waals surface area contributed by atoms with Gasteiger partial charge < -0.3 is 25.2 Å². The van der Waals surface area contributed by atoms with E-state index >= 15 is 0 Å². The van der Waals surface area contributed by atoms with Crippen LogP contribution in [0.1, 0.15) is 28.5 Å². The van der Waals surface area contributed by atoms with Crippen LogP contribution < -0.4 is 0 Å². The Morgan fingerprint density at radius 2 is 1.62 bits per heavy atom. The highest BCUT2D eigenvalue weighted by atomic mass is 35.5. The lowest BCUT2D eigenvalue weighted by Crippen LogP contribution is -2.55. The number of benzene rings is 2. The summed E-state index contributed by atoms with van der Waals surface area (Å²) < 4.78 is 5.68. The minimum Gasteiger partial charge on any atom is -0.394 e. The average Bonchev–Trinajstić information content (AvgIpc) is 2.80. The van der Waals surface area contributed by atoms with Crippen molar-refractivity contribution in [2.75, 3.05) is 6.61 Å². The highest BCUT2D eigenvalue weighted by Gasteiger charge is 2.44. The molecule has 0 spiro atoms. The largest absolute Gasteiger partial charge is 0.394 e. The van der Waals surface area contributed by atoms with Crippen molar-refractivity contribution in [3.63, 3.8) is 0 Å². The molecule has 2 heterocycles. The predicted octanol–water partition coefficient (Wildman–Crippen LogP) is 2.82. The van der Waals surface area contributed by atoms with Gasteiger partial charge in [0.2, 0.25) is 0 Å². The van der Waals surface area contributed by atoms with Crippen molar-refractivity contribution in [2.45, 2.75) is 43.9 Å². The second kappa shape index (κ2) is 9.67. The van der Waals surface area contributed by atoms with E-state index in [0.717, 1.165) is 27.9 Å². The molecule has 3 aromatic rings. The van der Waals surface area contributed by atoms with E-state index in [9.17, 15) is 20.4 Å². The molecule has 1 aliphatic rings. The smallest absolute Gasteiger partial charge is 0.113 e. The van der Waals surface area contributed by atoms with E-state index in [-0.39, 0.29) is 0 Å². The number of ether oxygens (including phenoxy) is 1. The zero-order chi connectivity index (χ0) is 22.8. The third kappa shape index (κ3) is 4.71. The molecule has 7 heteroatoms. The summed E-state index contributed by atoms with van der Waals surface area (Å²) in [5, 5.41) is 40.6. The summed E-state index contributed by atoms with van der Waals surface area (Å²) >= 11 is 6.43. The topological polar surface area (TPSA) is 103 Å². The number of halogens is 1. The summed E-state index contributed by atoms with van der Waals surface area (Å²) in [6, 6.07) is 17.4. The Balaban J connectivity index is 1.55. The Hall–Kier alpha value is -2.32. The van der Waals surface area contributed by atoms with E-state index in [1.165, 1.54) is 0 Å². The Labute approximate surface area is 191 Å². The number of rotatable bonds is 5. The van der Waals surface area contributed by atoms with E-state index in [1.54, 1.807) is 12.1 Å². The minimum atomic E-state index is -1.42. The van der Waals surface area contributed by atoms with Gasteiger partial charge in [0.15, 0.2) is 0 Å². The Bertz CT molecular complexity index is 1050. The molecule has 1 fully saturated rings. The fourth-order valence-electron chi connectivity index (χ4n) is 3.96. The molecule has 0 amide bonds. The SMILES string of the molecule is Cc1ccc(-c2ccc(Cc3cc([C@@H]4O[C@H](CO)[C@@H](O)C(O)[C@H]4O)ccc3Cl)cc2)cn1. The first kappa shape index (κ1) is 22.9. The lowest BCUT2D eigenvalue weighted by atomic mass is 9.90. The number of aryl methyl sites for hydroxylation is 1. The van der Waals surface area contributed by atoms with E-state index < -0.39 is 37.1 Å². The maximum Gasteiger partial charge on any atom is 0.113 e. The summed E-state index contributed by atoms with van der Waals surface area (Å²) in [5.41, 5.74) is 5.60. The van der Waals surface area contributed by atoms with Crippen molar-refractivity contribution in [3.05, 3.63) is 88.2 Å². The van der Waals surface area contributed by atoms with E-state index in [1.807, 2.05) is 55.6 Å². The quantitative estimate of drug-likeness (QED) is 0.472. The fourth-order valence-corrected chi connectivity index (χ4v) is 4.14. The summed E-state index contributed by atoms with van der Waals surface area (Å²) in [4.78, 5) is 4.34. The molecule has 5 atom stereocenters. The number of pyridine rings is 1. The first-order chi connectivity index (χ1) is 15.4. The van der Waals surface area contributed by atoms with Crippen LogP contribution >= 0.6 is 11.6 Å². The van der Waals surface area contributed by atoms with Crippen molar-refractivity contribution in [2.24, 2.45) is 0 Å². The minimum absolute atomic E-state index is 0.468. The number of hydrogen-bond acceptors (Lipinski definition) is 6. The Kier molecular flexibility index (Phi) is 6.90. The van der Waals surface area contributed by atoms with Crippen LogP contribution in [-0.4, -0.2) is 56.4 Å². The maximum atomic E-state index is 10.4. The fraction of sp³-hybridized carbons (Fsp3) is 0.320. The van der Waals surface area contributed by atoms with Gasteiger partial charge in [0, 0.05) is 22.5 Å². The first-order valence-corrected chi connectivity index (χ1v) is 10.9. The van der Waals surface area contributed by atoms with Crippen molar-refractivity contribution in [1.29, 1.82) is 0 Å². The molecule has 0 bridgehead atoms. The third-order valence-electron chi connectivity index (χ3n) is 5.88. The Morgan fingerprint density at radius 1 is 0.906 bits per heavy atom. The van der Waals surface area contributed by atoms with Gasteiger partial charge in [-0.3, -0.25) is 4.98 Å². The molecular weight excluding hydrogens is 430 g/mol. The van der Waals surface area contributed by atoms with Crippen LogP contribution in [0.3, 0.4) is 0 Å². The highest BCUT2D eigenvalue weighted by Crippen LogP contribution is 2.34. The van der Waals surface area contributed by atoms with Gasteiger partial charge in [0.05, 0.1) is 6.61 Å². The van der Waals surface area contributed by atoms with Crippen molar-refractivity contribution in [3.8, 4) is 11.1 Å². The number of aliphatic hydroxyl groups excluding tert-OH is 4. The molecule has 6 nitrogen and oxygen atoms in total. The molecule has 1 aromatic heterocycles. The zero-order valence-corrected chi connectivity index (χ0v) is 18.4. The normalized spacial score (nSPS) is 25.6. The van der Waals surface area contributed by atoms with E-state index in [0.29, 0.717) is 17.0 Å². The van der Waals surface area contributed by atoms with Gasteiger partial charge in [-0.05, 0) is 47.7 Å². The number of aliphatic hydroxyl groups is 4. The van der Waals surface area contributed by atoms with Crippen LogP contribution in [0.5, 0.6) is 0 Å². The van der Waals surface area contributed by atoms with E-state index in [4.69, 9.17) is 16.3 Å². The van der Waals surface area contributed by atoms with Crippen molar-refractivity contribution in [1.82, 2.24) is 4.98 Å². The highest BCUT2D eigenvalue weighted by molar-refractivity contribution is 6.31. The second-order valence-corrected chi connectivity index (χ2v) is 8.57. The molecule has 1 saturated heterocycles. The standard InChI is InChI=1S/C25H26ClNO5/c1-14-2-5-18(12-27-14)16-6-3-15(4-7-16)10-19-11-17(8-9-20(19)26)25-24(31)23(30)22(29)21(13-28)32-25/h2-9,11-12,21-25,28-31H,10,13H2,1H3/t21-,22-,23?,24-,25+/m1/s1. The molecule has 2 aromatic carbocycles. The monoisotopic (exact) mass is 455 g/mol. The van der Waals surface area contributed by atoms with Crippen LogP contribution in [0.25, 0.3) is 11.1 Å². The second-order valence-electron chi connectivity index (χ2n) is 8.16. The van der Waals surface area contributed by atoms with Crippen LogP contribution in [0.4, 0.5) is 0 Å². The van der Waals surface area contributed by atoms with Crippen molar-refractivity contribution >= 4 is 11.6 Å². The molecule has 168 valence electrons. The molecule has 4 rings (SSSR count). The lowest BCUT2D eigenvalue weighted by Gasteiger charge is -2.40. The van der Waals surface area contributed by atoms with Crippen LogP contribution in [0.2, 0.25) is 5.02 Å². The van der Waals surface area contributed by atoms with Gasteiger partial charge in [-0.2, -0.15) is 0 Å². The maximum absolute atomic E-state index is 10.4. The summed E-state index contributed by atoms with van der Waals surface area (Å²) in [6.07, 6.45) is -3.57. The third-order valence-corrected chi connectivity index (χ3v) is 6.25. The Morgan fingerprint density at radius 3 is 2.28 bits per heavy atom. The summed E-state index contributed by atoms with van der Waals surface area (Å²) in [6.45, 7) is 1.49. The number of hydrogen-bond donors (Lipinski definition) is 4. The first-order valence-electron chi connectivity index (χ1n) is 10.5. The lowest BCUT2D eigenvalue weighted by molar-refractivity contribution is -0.231. The number of nitrogens with zero attached hydrogens (tertiary/aromatic N) is 1. The molecule has 4 N–H and O–H groups in total. The molecule has 32 heavy (non-hydrogen) atoms. The molecule has 0 aliphatic carbocycles. The molecule has 0 radical (unpaired) electrons. The molecule has 1 unspecified atom stereocenters. The van der Waals surface area contributed by atoms with Gasteiger partial charge in [0.25, 0.3) is 0 Å². The van der Waals surface area contributed by atoms with Crippen molar-refractivity contribution < 1.29 is 25.2 Å². The van der Waals surface area contributed by atoms with Crippen LogP contribution in [-0.2, 0) is 11.2 Å². The van der Waals surface area contributed by atoms with Gasteiger partial charge in [0.1, 0.15) is 30.5 Å². The van der Waals surface area contributed by atoms with Crippen LogP contribution in [0, 0.1) is 6.92 Å². The molecular formula is C25H26ClNO5. The summed E-state index contributed by atoms with van der Waals surface area (Å²) in [5.74, 6) is 0. The molecule has 0 saturated carbocycles. The summed E-state index contributed by atoms with van der Waals surface area (Å²) in [7, 11) is 0. The van der Waals surface area contributed by atoms with Gasteiger partial charge in [-0.15, -0.1) is 0 Å². The van der Waals surface area contributed by atoms with E-state index in [2.05, 4.69) is 4.98 Å². The van der Waals surface area contributed by atoms with Crippen LogP contribution in [0.15, 0.2) is 60.8 Å². The average molecular weight is 456 g/mol.